The maximum absolute atomic E-state index is 12.6. The van der Waals surface area contributed by atoms with Gasteiger partial charge in [-0.2, -0.15) is 12.6 Å². The Morgan fingerprint density at radius 2 is 1.32 bits per heavy atom. The van der Waals surface area contributed by atoms with Crippen molar-refractivity contribution in [2.45, 2.75) is 37.4 Å². The highest BCUT2D eigenvalue weighted by molar-refractivity contribution is 7.80. The number of aliphatic carboxylic acids is 2. The highest BCUT2D eigenvalue weighted by Crippen LogP contribution is 1.99. The number of amides is 5. The number of thiol groups is 1. The zero-order valence-corrected chi connectivity index (χ0v) is 21.2. The second-order valence-electron chi connectivity index (χ2n) is 7.63. The molecular formula is C19H33N9O9S. The van der Waals surface area contributed by atoms with Crippen LogP contribution in [-0.4, -0.2) is 108 Å². The van der Waals surface area contributed by atoms with Crippen molar-refractivity contribution in [2.75, 3.05) is 31.9 Å². The molecule has 18 nitrogen and oxygen atoms in total. The van der Waals surface area contributed by atoms with Crippen molar-refractivity contribution in [1.82, 2.24) is 26.6 Å². The Morgan fingerprint density at radius 1 is 0.789 bits per heavy atom. The highest BCUT2D eigenvalue weighted by Gasteiger charge is 2.25. The van der Waals surface area contributed by atoms with Gasteiger partial charge < -0.3 is 54.0 Å². The fraction of sp³-hybridized carbons (Fsp3) is 0.579. The minimum atomic E-state index is -1.71. The van der Waals surface area contributed by atoms with E-state index in [4.69, 9.17) is 27.4 Å². The first-order chi connectivity index (χ1) is 17.8. The lowest BCUT2D eigenvalue weighted by Crippen LogP contribution is -2.52. The molecular weight excluding hydrogens is 530 g/mol. The molecule has 0 aromatic rings. The van der Waals surface area contributed by atoms with Gasteiger partial charge in [0.1, 0.15) is 12.1 Å². The molecule has 0 radical (unpaired) electrons. The number of carboxylic acids is 2. The number of carboxylic acid groups (broad SMARTS) is 2. The van der Waals surface area contributed by atoms with Crippen molar-refractivity contribution in [3.63, 3.8) is 0 Å². The summed E-state index contributed by atoms with van der Waals surface area (Å²) in [6.07, 6.45) is -0.639. The number of carbonyl (C=O) groups excluding carboxylic acids is 5. The van der Waals surface area contributed by atoms with Crippen molar-refractivity contribution in [3.8, 4) is 0 Å². The van der Waals surface area contributed by atoms with E-state index < -0.39 is 85.7 Å². The standard InChI is InChI=1S/C19H33N9O9S/c20-9(8-38)16(34)25-5-12(29)24-6-13(30)27-10(2-1-3-23-19(21)22)17(35)26-7-14(31)28-11(18(36)37)4-15(32)33/h9-11,38H,1-8,20H2,(H,24,29)(H,25,34)(H,26,35)(H,27,30)(H,28,31)(H,32,33)(H,36,37)(H4,21,22,23). The van der Waals surface area contributed by atoms with Gasteiger partial charge in [-0.25, -0.2) is 4.79 Å². The average Bonchev–Trinajstić information content (AvgIpc) is 2.84. The first kappa shape index (κ1) is 33.9. The molecule has 0 saturated carbocycles. The van der Waals surface area contributed by atoms with Crippen molar-refractivity contribution >= 4 is 60.1 Å². The van der Waals surface area contributed by atoms with Crippen LogP contribution in [0.3, 0.4) is 0 Å². The van der Waals surface area contributed by atoms with Crippen LogP contribution in [0.5, 0.6) is 0 Å². The number of carbonyl (C=O) groups is 7. The fourth-order valence-electron chi connectivity index (χ4n) is 2.55. The SMILES string of the molecule is NC(N)=NCCCC(NC(=O)CNC(=O)CNC(=O)C(N)CS)C(=O)NCC(=O)NC(CC(=O)O)C(=O)O. The number of aliphatic imine (C=N–C) groups is 1. The van der Waals surface area contributed by atoms with Crippen LogP contribution in [0.4, 0.5) is 0 Å². The van der Waals surface area contributed by atoms with E-state index >= 15 is 0 Å². The molecule has 214 valence electrons. The number of hydrogen-bond donors (Lipinski definition) is 11. The first-order valence-electron chi connectivity index (χ1n) is 11.0. The van der Waals surface area contributed by atoms with Crippen molar-refractivity contribution in [2.24, 2.45) is 22.2 Å². The third-order valence-electron chi connectivity index (χ3n) is 4.43. The molecule has 0 aliphatic carbocycles. The lowest BCUT2D eigenvalue weighted by atomic mass is 10.1. The predicted molar refractivity (Wildman–Crippen MR) is 135 cm³/mol. The highest BCUT2D eigenvalue weighted by atomic mass is 32.1. The smallest absolute Gasteiger partial charge is 0.326 e. The Bertz CT molecular complexity index is 912. The zero-order chi connectivity index (χ0) is 29.3. The molecule has 38 heavy (non-hydrogen) atoms. The molecule has 3 atom stereocenters. The summed E-state index contributed by atoms with van der Waals surface area (Å²) in [5, 5.41) is 28.7. The molecule has 5 amide bonds. The number of nitrogens with two attached hydrogens (primary N) is 3. The van der Waals surface area contributed by atoms with Gasteiger partial charge in [0.05, 0.1) is 32.1 Å². The third-order valence-corrected chi connectivity index (χ3v) is 4.83. The summed E-state index contributed by atoms with van der Waals surface area (Å²) in [6, 6.07) is -3.83. The Morgan fingerprint density at radius 3 is 1.84 bits per heavy atom. The number of rotatable bonds is 18. The average molecular weight is 564 g/mol. The maximum atomic E-state index is 12.6. The van der Waals surface area contributed by atoms with E-state index in [-0.39, 0.29) is 31.1 Å². The molecule has 0 aliphatic heterocycles. The van der Waals surface area contributed by atoms with Crippen LogP contribution in [0.2, 0.25) is 0 Å². The van der Waals surface area contributed by atoms with Crippen molar-refractivity contribution in [3.05, 3.63) is 0 Å². The minimum Gasteiger partial charge on any atom is -0.481 e. The summed E-state index contributed by atoms with van der Waals surface area (Å²) in [6.45, 7) is -1.61. The van der Waals surface area contributed by atoms with E-state index in [1.807, 2.05) is 5.32 Å². The number of nitrogens with one attached hydrogen (secondary N) is 5. The second kappa shape index (κ2) is 18.2. The van der Waals surface area contributed by atoms with Gasteiger partial charge in [0, 0.05) is 12.3 Å². The van der Waals surface area contributed by atoms with Gasteiger partial charge in [-0.15, -0.1) is 0 Å². The van der Waals surface area contributed by atoms with Crippen LogP contribution >= 0.6 is 12.6 Å². The van der Waals surface area contributed by atoms with E-state index in [0.29, 0.717) is 0 Å². The van der Waals surface area contributed by atoms with Crippen molar-refractivity contribution in [1.29, 1.82) is 0 Å². The Hall–Kier alpha value is -4.13. The lowest BCUT2D eigenvalue weighted by molar-refractivity contribution is -0.147. The van der Waals surface area contributed by atoms with Crippen LogP contribution in [-0.2, 0) is 33.6 Å². The zero-order valence-electron chi connectivity index (χ0n) is 20.3. The molecule has 0 bridgehead atoms. The lowest BCUT2D eigenvalue weighted by Gasteiger charge is -2.19. The van der Waals surface area contributed by atoms with Gasteiger partial charge in [0.15, 0.2) is 5.96 Å². The molecule has 0 aromatic carbocycles. The molecule has 13 N–H and O–H groups in total. The molecule has 0 heterocycles. The minimum absolute atomic E-state index is 0.0123. The molecule has 0 spiro atoms. The van der Waals surface area contributed by atoms with Gasteiger partial charge in [-0.3, -0.25) is 33.8 Å². The second-order valence-corrected chi connectivity index (χ2v) is 7.99. The summed E-state index contributed by atoms with van der Waals surface area (Å²) in [7, 11) is 0. The first-order valence-corrected chi connectivity index (χ1v) is 11.7. The van der Waals surface area contributed by atoms with Gasteiger partial charge in [-0.1, -0.05) is 0 Å². The molecule has 3 unspecified atom stereocenters. The van der Waals surface area contributed by atoms with Gasteiger partial charge in [0.25, 0.3) is 0 Å². The van der Waals surface area contributed by atoms with Gasteiger partial charge in [0.2, 0.25) is 29.5 Å². The summed E-state index contributed by atoms with van der Waals surface area (Å²) >= 11 is 3.86. The van der Waals surface area contributed by atoms with Crippen LogP contribution in [0, 0.1) is 0 Å². The topological polar surface area (TPSA) is 311 Å². The van der Waals surface area contributed by atoms with E-state index in [1.54, 1.807) is 0 Å². The quantitative estimate of drug-likeness (QED) is 0.0321. The summed E-state index contributed by atoms with van der Waals surface area (Å²) in [5.41, 5.74) is 15.9. The Labute approximate surface area is 222 Å². The number of hydrogen-bond acceptors (Lipinski definition) is 10. The number of guanidine groups is 1. The van der Waals surface area contributed by atoms with E-state index in [1.165, 1.54) is 0 Å². The maximum Gasteiger partial charge on any atom is 0.326 e. The normalized spacial score (nSPS) is 12.6. The van der Waals surface area contributed by atoms with Crippen LogP contribution in [0.15, 0.2) is 4.99 Å². The molecule has 0 aromatic heterocycles. The molecule has 19 heteroatoms. The van der Waals surface area contributed by atoms with Crippen LogP contribution < -0.4 is 43.8 Å². The third kappa shape index (κ3) is 15.8. The van der Waals surface area contributed by atoms with E-state index in [9.17, 15) is 33.6 Å². The molecule has 0 saturated heterocycles. The number of nitrogens with zero attached hydrogens (tertiary/aromatic N) is 1. The Kier molecular flexibility index (Phi) is 16.2. The molecule has 0 rings (SSSR count). The summed E-state index contributed by atoms with van der Waals surface area (Å²) < 4.78 is 0. The van der Waals surface area contributed by atoms with Crippen LogP contribution in [0.25, 0.3) is 0 Å². The van der Waals surface area contributed by atoms with Gasteiger partial charge in [-0.05, 0) is 12.8 Å². The summed E-state index contributed by atoms with van der Waals surface area (Å²) in [4.78, 5) is 85.7. The van der Waals surface area contributed by atoms with Crippen LogP contribution in [0.1, 0.15) is 19.3 Å². The molecule has 0 aliphatic rings. The van der Waals surface area contributed by atoms with E-state index in [2.05, 4.69) is 38.9 Å². The molecule has 0 fully saturated rings. The van der Waals surface area contributed by atoms with E-state index in [0.717, 1.165) is 0 Å². The Balaban J connectivity index is 4.94. The van der Waals surface area contributed by atoms with Gasteiger partial charge >= 0.3 is 11.9 Å². The summed E-state index contributed by atoms with van der Waals surface area (Å²) in [5.74, 6) is -7.08. The largest absolute Gasteiger partial charge is 0.481 e. The predicted octanol–water partition coefficient (Wildman–Crippen LogP) is -5.83. The monoisotopic (exact) mass is 563 g/mol. The van der Waals surface area contributed by atoms with Crippen molar-refractivity contribution < 1.29 is 43.8 Å². The fourth-order valence-corrected chi connectivity index (χ4v) is 2.72.